The van der Waals surface area contributed by atoms with Gasteiger partial charge in [0, 0.05) is 12.1 Å². The molecule has 1 aromatic heterocycles. The third kappa shape index (κ3) is 3.80. The Morgan fingerprint density at radius 2 is 1.92 bits per heavy atom. The SMILES string of the molecule is COc1ccc(C(=O)NCCC(O)c2ccoc2)c(OC)c1OC. The third-order valence-corrected chi connectivity index (χ3v) is 3.58. The largest absolute Gasteiger partial charge is 0.493 e. The molecule has 0 spiro atoms. The van der Waals surface area contributed by atoms with Crippen molar-refractivity contribution in [2.75, 3.05) is 27.9 Å². The van der Waals surface area contributed by atoms with Gasteiger partial charge in [-0.1, -0.05) is 0 Å². The summed E-state index contributed by atoms with van der Waals surface area (Å²) in [5.74, 6) is 0.796. The maximum atomic E-state index is 12.4. The van der Waals surface area contributed by atoms with Crippen LogP contribution in [0.25, 0.3) is 0 Å². The van der Waals surface area contributed by atoms with Crippen molar-refractivity contribution in [1.82, 2.24) is 5.32 Å². The first-order valence-corrected chi connectivity index (χ1v) is 7.39. The predicted octanol–water partition coefficient (Wildman–Crippen LogP) is 2.16. The first-order valence-electron chi connectivity index (χ1n) is 7.39. The number of nitrogens with one attached hydrogen (secondary N) is 1. The Hall–Kier alpha value is -2.67. The summed E-state index contributed by atoms with van der Waals surface area (Å²) in [6.07, 6.45) is 2.63. The maximum Gasteiger partial charge on any atom is 0.255 e. The van der Waals surface area contributed by atoms with Crippen LogP contribution in [-0.4, -0.2) is 38.9 Å². The Balaban J connectivity index is 2.04. The summed E-state index contributed by atoms with van der Waals surface area (Å²) in [5.41, 5.74) is 1.00. The third-order valence-electron chi connectivity index (χ3n) is 3.58. The van der Waals surface area contributed by atoms with Crippen molar-refractivity contribution in [2.24, 2.45) is 0 Å². The number of hydrogen-bond acceptors (Lipinski definition) is 6. The van der Waals surface area contributed by atoms with Gasteiger partial charge in [0.25, 0.3) is 5.91 Å². The summed E-state index contributed by atoms with van der Waals surface area (Å²) in [7, 11) is 4.44. The number of benzene rings is 1. The minimum atomic E-state index is -0.698. The lowest BCUT2D eigenvalue weighted by Gasteiger charge is -2.16. The van der Waals surface area contributed by atoms with Gasteiger partial charge in [0.15, 0.2) is 11.5 Å². The molecule has 7 nitrogen and oxygen atoms in total. The molecule has 2 rings (SSSR count). The molecule has 1 aromatic carbocycles. The lowest BCUT2D eigenvalue weighted by Crippen LogP contribution is -2.26. The molecule has 1 heterocycles. The van der Waals surface area contributed by atoms with Crippen LogP contribution >= 0.6 is 0 Å². The van der Waals surface area contributed by atoms with Crippen molar-refractivity contribution < 1.29 is 28.5 Å². The highest BCUT2D eigenvalue weighted by atomic mass is 16.5. The molecule has 0 saturated heterocycles. The van der Waals surface area contributed by atoms with Gasteiger partial charge >= 0.3 is 0 Å². The minimum absolute atomic E-state index is 0.294. The van der Waals surface area contributed by atoms with Crippen molar-refractivity contribution in [3.8, 4) is 17.2 Å². The smallest absolute Gasteiger partial charge is 0.255 e. The predicted molar refractivity (Wildman–Crippen MR) is 86.7 cm³/mol. The molecule has 24 heavy (non-hydrogen) atoms. The van der Waals surface area contributed by atoms with Crippen LogP contribution in [0, 0.1) is 0 Å². The van der Waals surface area contributed by atoms with Crippen molar-refractivity contribution in [2.45, 2.75) is 12.5 Å². The van der Waals surface area contributed by atoms with Crippen molar-refractivity contribution >= 4 is 5.91 Å². The highest BCUT2D eigenvalue weighted by molar-refractivity contribution is 5.98. The van der Waals surface area contributed by atoms with Gasteiger partial charge in [0.05, 0.1) is 45.5 Å². The van der Waals surface area contributed by atoms with Crippen LogP contribution in [0.3, 0.4) is 0 Å². The second-order valence-corrected chi connectivity index (χ2v) is 5.00. The number of amides is 1. The van der Waals surface area contributed by atoms with Crippen molar-refractivity contribution in [3.63, 3.8) is 0 Å². The monoisotopic (exact) mass is 335 g/mol. The average Bonchev–Trinajstić information content (AvgIpc) is 3.14. The van der Waals surface area contributed by atoms with Crippen LogP contribution < -0.4 is 19.5 Å². The Labute approximate surface area is 140 Å². The van der Waals surface area contributed by atoms with Gasteiger partial charge in [-0.15, -0.1) is 0 Å². The number of hydrogen-bond donors (Lipinski definition) is 2. The average molecular weight is 335 g/mol. The molecule has 0 radical (unpaired) electrons. The standard InChI is InChI=1S/C17H21NO6/c1-21-14-5-4-12(15(22-2)16(14)23-3)17(20)18-8-6-13(19)11-7-9-24-10-11/h4-5,7,9-10,13,19H,6,8H2,1-3H3,(H,18,20). The summed E-state index contributed by atoms with van der Waals surface area (Å²) >= 11 is 0. The van der Waals surface area contributed by atoms with E-state index in [9.17, 15) is 9.90 Å². The number of methoxy groups -OCH3 is 3. The fourth-order valence-corrected chi connectivity index (χ4v) is 2.33. The van der Waals surface area contributed by atoms with Crippen molar-refractivity contribution in [1.29, 1.82) is 0 Å². The lowest BCUT2D eigenvalue weighted by molar-refractivity contribution is 0.0939. The molecule has 7 heteroatoms. The number of aliphatic hydroxyl groups is 1. The molecule has 130 valence electrons. The molecule has 0 fully saturated rings. The number of rotatable bonds is 8. The Bertz CT molecular complexity index is 668. The lowest BCUT2D eigenvalue weighted by atomic mass is 10.1. The number of ether oxygens (including phenoxy) is 3. The zero-order valence-corrected chi connectivity index (χ0v) is 13.9. The van der Waals surface area contributed by atoms with Crippen LogP contribution in [0.2, 0.25) is 0 Å². The molecular formula is C17H21NO6. The second kappa shape index (κ2) is 8.26. The van der Waals surface area contributed by atoms with E-state index in [0.29, 0.717) is 41.3 Å². The van der Waals surface area contributed by atoms with Crippen LogP contribution in [0.15, 0.2) is 35.1 Å². The van der Waals surface area contributed by atoms with Crippen molar-refractivity contribution in [3.05, 3.63) is 41.9 Å². The van der Waals surface area contributed by atoms with Gasteiger partial charge in [-0.3, -0.25) is 4.79 Å². The van der Waals surface area contributed by atoms with E-state index in [2.05, 4.69) is 5.32 Å². The molecule has 0 aliphatic carbocycles. The van der Waals surface area contributed by atoms with E-state index in [0.717, 1.165) is 0 Å². The van der Waals surface area contributed by atoms with E-state index >= 15 is 0 Å². The fraction of sp³-hybridized carbons (Fsp3) is 0.353. The second-order valence-electron chi connectivity index (χ2n) is 5.00. The Kier molecular flexibility index (Phi) is 6.08. The summed E-state index contributed by atoms with van der Waals surface area (Å²) in [4.78, 5) is 12.4. The maximum absolute atomic E-state index is 12.4. The van der Waals surface area contributed by atoms with Gasteiger partial charge in [0.1, 0.15) is 0 Å². The van der Waals surface area contributed by atoms with Crippen LogP contribution in [0.1, 0.15) is 28.4 Å². The van der Waals surface area contributed by atoms with E-state index in [1.165, 1.54) is 33.9 Å². The van der Waals surface area contributed by atoms with Gasteiger partial charge in [-0.25, -0.2) is 0 Å². The number of aliphatic hydroxyl groups excluding tert-OH is 1. The quantitative estimate of drug-likeness (QED) is 0.768. The molecule has 1 amide bonds. The molecule has 1 atom stereocenters. The number of furan rings is 1. The molecule has 1 unspecified atom stereocenters. The summed E-state index contributed by atoms with van der Waals surface area (Å²) in [6, 6.07) is 4.92. The van der Waals surface area contributed by atoms with E-state index < -0.39 is 6.10 Å². The molecule has 2 N–H and O–H groups in total. The van der Waals surface area contributed by atoms with E-state index in [1.807, 2.05) is 0 Å². The first-order chi connectivity index (χ1) is 11.6. The Morgan fingerprint density at radius 3 is 2.50 bits per heavy atom. The molecule has 0 saturated carbocycles. The highest BCUT2D eigenvalue weighted by Crippen LogP contribution is 2.39. The van der Waals surface area contributed by atoms with Crippen LogP contribution in [0.4, 0.5) is 0 Å². The van der Waals surface area contributed by atoms with E-state index in [-0.39, 0.29) is 5.91 Å². The molecule has 0 aliphatic heterocycles. The molecule has 0 aliphatic rings. The Morgan fingerprint density at radius 1 is 1.17 bits per heavy atom. The van der Waals surface area contributed by atoms with Gasteiger partial charge in [-0.05, 0) is 24.6 Å². The summed E-state index contributed by atoms with van der Waals surface area (Å²) in [5, 5.41) is 12.7. The highest BCUT2D eigenvalue weighted by Gasteiger charge is 2.20. The fourth-order valence-electron chi connectivity index (χ4n) is 2.33. The summed E-state index contributed by atoms with van der Waals surface area (Å²) < 4.78 is 20.7. The first kappa shape index (κ1) is 17.7. The van der Waals surface area contributed by atoms with Gasteiger partial charge in [-0.2, -0.15) is 0 Å². The van der Waals surface area contributed by atoms with Gasteiger partial charge in [0.2, 0.25) is 5.75 Å². The molecule has 2 aromatic rings. The van der Waals surface area contributed by atoms with E-state index in [1.54, 1.807) is 18.2 Å². The topological polar surface area (TPSA) is 90.2 Å². The normalized spacial score (nSPS) is 11.7. The number of carbonyl (C=O) groups is 1. The minimum Gasteiger partial charge on any atom is -0.493 e. The molecule has 0 bridgehead atoms. The van der Waals surface area contributed by atoms with Crippen LogP contribution in [0.5, 0.6) is 17.2 Å². The molecular weight excluding hydrogens is 314 g/mol. The zero-order chi connectivity index (χ0) is 17.5. The zero-order valence-electron chi connectivity index (χ0n) is 13.9. The summed E-state index contributed by atoms with van der Waals surface area (Å²) in [6.45, 7) is 0.294. The number of carbonyl (C=O) groups excluding carboxylic acids is 1. The van der Waals surface area contributed by atoms with Gasteiger partial charge < -0.3 is 29.1 Å². The van der Waals surface area contributed by atoms with Crippen LogP contribution in [-0.2, 0) is 0 Å². The van der Waals surface area contributed by atoms with E-state index in [4.69, 9.17) is 18.6 Å².